The van der Waals surface area contributed by atoms with Gasteiger partial charge in [0.25, 0.3) is 0 Å². The molecule has 3 aromatic rings. The fourth-order valence-electron chi connectivity index (χ4n) is 4.07. The van der Waals surface area contributed by atoms with Crippen molar-refractivity contribution in [1.82, 2.24) is 9.47 Å². The van der Waals surface area contributed by atoms with Gasteiger partial charge in [0, 0.05) is 29.2 Å². The molecule has 0 bridgehead atoms. The number of hydrogen-bond acceptors (Lipinski definition) is 3. The molecule has 1 aliphatic rings. The summed E-state index contributed by atoms with van der Waals surface area (Å²) >= 11 is 0. The maximum Gasteiger partial charge on any atom is 0.335 e. The Morgan fingerprint density at radius 3 is 2.36 bits per heavy atom. The Bertz CT molecular complexity index is 1020. The average molecular weight is 378 g/mol. The van der Waals surface area contributed by atoms with Gasteiger partial charge < -0.3 is 14.8 Å². The first-order chi connectivity index (χ1) is 13.5. The second-order valence-electron chi connectivity index (χ2n) is 7.22. The second kappa shape index (κ2) is 7.48. The highest BCUT2D eigenvalue weighted by atomic mass is 16.4. The van der Waals surface area contributed by atoms with E-state index in [1.807, 2.05) is 46.0 Å². The predicted octanol–water partition coefficient (Wildman–Crippen LogP) is 3.61. The van der Waals surface area contributed by atoms with Gasteiger partial charge in [0.1, 0.15) is 6.04 Å². The zero-order valence-corrected chi connectivity index (χ0v) is 15.4. The van der Waals surface area contributed by atoms with E-state index in [0.29, 0.717) is 17.5 Å². The monoisotopic (exact) mass is 378 g/mol. The van der Waals surface area contributed by atoms with Gasteiger partial charge in [-0.1, -0.05) is 30.3 Å². The molecule has 2 N–H and O–H groups in total. The first kappa shape index (κ1) is 18.3. The van der Waals surface area contributed by atoms with Gasteiger partial charge in [-0.3, -0.25) is 9.69 Å². The lowest BCUT2D eigenvalue weighted by molar-refractivity contribution is -0.143. The van der Waals surface area contributed by atoms with Crippen LogP contribution in [-0.2, 0) is 11.3 Å². The summed E-state index contributed by atoms with van der Waals surface area (Å²) in [4.78, 5) is 25.6. The minimum Gasteiger partial charge on any atom is -0.480 e. The molecule has 0 aliphatic carbocycles. The number of aliphatic carboxylic acids is 1. The van der Waals surface area contributed by atoms with E-state index in [-0.39, 0.29) is 5.56 Å². The van der Waals surface area contributed by atoms with Crippen LogP contribution in [0.3, 0.4) is 0 Å². The largest absolute Gasteiger partial charge is 0.480 e. The minimum atomic E-state index is -1.02. The van der Waals surface area contributed by atoms with Crippen molar-refractivity contribution in [2.24, 2.45) is 0 Å². The average Bonchev–Trinajstić information content (AvgIpc) is 3.32. The number of hydrogen-bond donors (Lipinski definition) is 2. The molecular weight excluding hydrogens is 356 g/mol. The number of benzene rings is 2. The number of carboxylic acid groups (broad SMARTS) is 2. The van der Waals surface area contributed by atoms with Crippen molar-refractivity contribution in [2.45, 2.75) is 25.4 Å². The number of aromatic nitrogens is 1. The summed E-state index contributed by atoms with van der Waals surface area (Å²) in [7, 11) is 0. The summed E-state index contributed by atoms with van der Waals surface area (Å²) in [6.45, 7) is 2.07. The maximum atomic E-state index is 12.1. The molecule has 1 aromatic heterocycles. The zero-order valence-electron chi connectivity index (χ0n) is 15.4. The van der Waals surface area contributed by atoms with Gasteiger partial charge in [0.15, 0.2) is 0 Å². The summed E-state index contributed by atoms with van der Waals surface area (Å²) in [5, 5.41) is 20.0. The van der Waals surface area contributed by atoms with Crippen LogP contribution in [0.5, 0.6) is 0 Å². The molecule has 0 unspecified atom stereocenters. The van der Waals surface area contributed by atoms with Crippen molar-refractivity contribution >= 4 is 22.8 Å². The van der Waals surface area contributed by atoms with Crippen molar-refractivity contribution in [3.05, 3.63) is 71.4 Å². The topological polar surface area (TPSA) is 82.8 Å². The first-order valence-corrected chi connectivity index (χ1v) is 9.41. The molecule has 1 fully saturated rings. The quantitative estimate of drug-likeness (QED) is 0.685. The van der Waals surface area contributed by atoms with Crippen LogP contribution in [0.1, 0.15) is 40.4 Å². The van der Waals surface area contributed by atoms with E-state index in [4.69, 9.17) is 0 Å². The summed E-state index contributed by atoms with van der Waals surface area (Å²) in [5.41, 5.74) is 2.76. The lowest BCUT2D eigenvalue weighted by Gasteiger charge is -2.23. The number of aromatic carboxylic acids is 1. The predicted molar refractivity (Wildman–Crippen MR) is 106 cm³/mol. The molecule has 0 radical (unpaired) electrons. The summed E-state index contributed by atoms with van der Waals surface area (Å²) in [6, 6.07) is 14.1. The van der Waals surface area contributed by atoms with Crippen LogP contribution in [0.25, 0.3) is 10.9 Å². The Labute approximate surface area is 162 Å². The molecule has 28 heavy (non-hydrogen) atoms. The molecule has 1 saturated heterocycles. The van der Waals surface area contributed by atoms with Crippen LogP contribution in [0.2, 0.25) is 0 Å². The highest BCUT2D eigenvalue weighted by Gasteiger charge is 2.32. The summed E-state index contributed by atoms with van der Waals surface area (Å²) < 4.78 is 2.01. The van der Waals surface area contributed by atoms with Crippen molar-refractivity contribution in [2.75, 3.05) is 13.1 Å². The van der Waals surface area contributed by atoms with Gasteiger partial charge in [-0.2, -0.15) is 0 Å². The van der Waals surface area contributed by atoms with E-state index in [1.165, 1.54) is 0 Å². The number of fused-ring (bicyclic) bond motifs is 1. The normalized spacial score (nSPS) is 15.7. The molecule has 0 amide bonds. The Kier molecular flexibility index (Phi) is 4.88. The Morgan fingerprint density at radius 1 is 1.00 bits per heavy atom. The number of rotatable bonds is 6. The standard InChI is InChI=1S/C22H22N2O4/c25-21(26)16-8-9-19-17(12-16)18(20(22(27)28)23-10-4-5-11-23)14-24(19)13-15-6-2-1-3-7-15/h1-3,6-9,12,14,20H,4-5,10-11,13H2,(H,25,26)(H,27,28)/t20-/m0/s1. The summed E-state index contributed by atoms with van der Waals surface area (Å²) in [6.07, 6.45) is 3.83. The molecule has 144 valence electrons. The lowest BCUT2D eigenvalue weighted by atomic mass is 10.0. The SMILES string of the molecule is O=C(O)c1ccc2c(c1)c([C@@H](C(=O)O)N1CCCC1)cn2Cc1ccccc1. The Balaban J connectivity index is 1.86. The zero-order chi connectivity index (χ0) is 19.7. The van der Waals surface area contributed by atoms with Crippen molar-refractivity contribution in [3.8, 4) is 0 Å². The first-order valence-electron chi connectivity index (χ1n) is 9.41. The van der Waals surface area contributed by atoms with E-state index >= 15 is 0 Å². The van der Waals surface area contributed by atoms with Crippen LogP contribution < -0.4 is 0 Å². The molecule has 6 nitrogen and oxygen atoms in total. The number of nitrogens with zero attached hydrogens (tertiary/aromatic N) is 2. The van der Waals surface area contributed by atoms with Gasteiger partial charge in [0.05, 0.1) is 5.56 Å². The van der Waals surface area contributed by atoms with Crippen LogP contribution in [0.15, 0.2) is 54.7 Å². The van der Waals surface area contributed by atoms with Crippen LogP contribution in [0, 0.1) is 0 Å². The molecule has 1 atom stereocenters. The number of carbonyl (C=O) groups is 2. The Hall–Kier alpha value is -3.12. The van der Waals surface area contributed by atoms with Crippen LogP contribution in [0.4, 0.5) is 0 Å². The number of likely N-dealkylation sites (tertiary alicyclic amines) is 1. The van der Waals surface area contributed by atoms with Gasteiger partial charge in [0.2, 0.25) is 0 Å². The third-order valence-corrected chi connectivity index (χ3v) is 5.39. The highest BCUT2D eigenvalue weighted by Crippen LogP contribution is 2.33. The van der Waals surface area contributed by atoms with Crippen LogP contribution in [-0.4, -0.2) is 44.7 Å². The fraction of sp³-hybridized carbons (Fsp3) is 0.273. The van der Waals surface area contributed by atoms with Gasteiger partial charge in [-0.25, -0.2) is 4.79 Å². The third-order valence-electron chi connectivity index (χ3n) is 5.39. The highest BCUT2D eigenvalue weighted by molar-refractivity contribution is 5.96. The lowest BCUT2D eigenvalue weighted by Crippen LogP contribution is -2.31. The van der Waals surface area contributed by atoms with Crippen molar-refractivity contribution < 1.29 is 19.8 Å². The molecule has 0 saturated carbocycles. The molecule has 0 spiro atoms. The van der Waals surface area contributed by atoms with E-state index in [1.54, 1.807) is 18.2 Å². The third kappa shape index (κ3) is 3.39. The molecule has 2 heterocycles. The van der Waals surface area contributed by atoms with Gasteiger partial charge in [-0.15, -0.1) is 0 Å². The van der Waals surface area contributed by atoms with Gasteiger partial charge in [-0.05, 0) is 49.7 Å². The van der Waals surface area contributed by atoms with E-state index in [2.05, 4.69) is 0 Å². The summed E-state index contributed by atoms with van der Waals surface area (Å²) in [5.74, 6) is -1.92. The van der Waals surface area contributed by atoms with E-state index in [9.17, 15) is 19.8 Å². The minimum absolute atomic E-state index is 0.164. The molecule has 6 heteroatoms. The molecule has 2 aromatic carbocycles. The smallest absolute Gasteiger partial charge is 0.335 e. The molecular formula is C22H22N2O4. The van der Waals surface area contributed by atoms with Gasteiger partial charge >= 0.3 is 11.9 Å². The number of carboxylic acids is 2. The van der Waals surface area contributed by atoms with Crippen molar-refractivity contribution in [1.29, 1.82) is 0 Å². The maximum absolute atomic E-state index is 12.1. The molecule has 4 rings (SSSR count). The van der Waals surface area contributed by atoms with E-state index in [0.717, 1.165) is 37.0 Å². The van der Waals surface area contributed by atoms with E-state index < -0.39 is 18.0 Å². The molecule has 1 aliphatic heterocycles. The fourth-order valence-corrected chi connectivity index (χ4v) is 4.07. The van der Waals surface area contributed by atoms with Crippen LogP contribution >= 0.6 is 0 Å². The Morgan fingerprint density at radius 2 is 1.71 bits per heavy atom. The van der Waals surface area contributed by atoms with Crippen molar-refractivity contribution in [3.63, 3.8) is 0 Å². The second-order valence-corrected chi connectivity index (χ2v) is 7.22.